The molecular formula is C21H21FN6O. The Morgan fingerprint density at radius 2 is 1.72 bits per heavy atom. The van der Waals surface area contributed by atoms with Gasteiger partial charge in [-0.3, -0.25) is 4.79 Å². The van der Waals surface area contributed by atoms with Crippen molar-refractivity contribution in [2.75, 3.05) is 31.1 Å². The number of hydrogen-bond donors (Lipinski definition) is 0. The van der Waals surface area contributed by atoms with E-state index in [9.17, 15) is 9.18 Å². The summed E-state index contributed by atoms with van der Waals surface area (Å²) in [5, 5.41) is 4.21. The fourth-order valence-corrected chi connectivity index (χ4v) is 4.00. The van der Waals surface area contributed by atoms with Gasteiger partial charge in [-0.05, 0) is 36.6 Å². The minimum Gasteiger partial charge on any atom is -0.353 e. The van der Waals surface area contributed by atoms with Crippen LogP contribution >= 0.6 is 0 Å². The SMILES string of the molecule is O=C(N1CCN(c2cc(-n3cccn3)ncn2)CC1)C1(c2ccc(F)cc2)CC1. The zero-order valence-electron chi connectivity index (χ0n) is 15.9. The summed E-state index contributed by atoms with van der Waals surface area (Å²) in [6.07, 6.45) is 6.75. The fraction of sp³-hybridized carbons (Fsp3) is 0.333. The van der Waals surface area contributed by atoms with Gasteiger partial charge in [0.15, 0.2) is 5.82 Å². The zero-order valence-corrected chi connectivity index (χ0v) is 15.9. The number of carbonyl (C=O) groups excluding carboxylic acids is 1. The van der Waals surface area contributed by atoms with E-state index in [2.05, 4.69) is 20.0 Å². The van der Waals surface area contributed by atoms with E-state index < -0.39 is 5.41 Å². The summed E-state index contributed by atoms with van der Waals surface area (Å²) >= 11 is 0. The summed E-state index contributed by atoms with van der Waals surface area (Å²) in [7, 11) is 0. The largest absolute Gasteiger partial charge is 0.353 e. The van der Waals surface area contributed by atoms with Crippen LogP contribution in [0.15, 0.2) is 55.1 Å². The maximum absolute atomic E-state index is 13.3. The van der Waals surface area contributed by atoms with E-state index in [1.54, 1.807) is 23.0 Å². The zero-order chi connectivity index (χ0) is 19.8. The van der Waals surface area contributed by atoms with Crippen molar-refractivity contribution in [3.8, 4) is 5.82 Å². The minimum absolute atomic E-state index is 0.156. The molecule has 3 aromatic rings. The summed E-state index contributed by atoms with van der Waals surface area (Å²) in [5.74, 6) is 1.43. The monoisotopic (exact) mass is 392 g/mol. The van der Waals surface area contributed by atoms with Crippen LogP contribution in [0.25, 0.3) is 5.82 Å². The van der Waals surface area contributed by atoms with Crippen molar-refractivity contribution in [1.29, 1.82) is 0 Å². The van der Waals surface area contributed by atoms with E-state index in [0.717, 1.165) is 24.2 Å². The Labute approximate surface area is 167 Å². The number of carbonyl (C=O) groups is 1. The maximum Gasteiger partial charge on any atom is 0.233 e. The van der Waals surface area contributed by atoms with Gasteiger partial charge in [0, 0.05) is 44.6 Å². The van der Waals surface area contributed by atoms with Crippen molar-refractivity contribution < 1.29 is 9.18 Å². The highest BCUT2D eigenvalue weighted by Crippen LogP contribution is 2.49. The number of halogens is 1. The maximum atomic E-state index is 13.3. The molecule has 1 amide bonds. The van der Waals surface area contributed by atoms with Crippen LogP contribution in [0.2, 0.25) is 0 Å². The highest BCUT2D eigenvalue weighted by molar-refractivity contribution is 5.91. The summed E-state index contributed by atoms with van der Waals surface area (Å²) in [5.41, 5.74) is 0.462. The molecule has 1 saturated carbocycles. The van der Waals surface area contributed by atoms with E-state index in [-0.39, 0.29) is 11.7 Å². The Hall–Kier alpha value is -3.29. The van der Waals surface area contributed by atoms with E-state index in [4.69, 9.17) is 0 Å². The lowest BCUT2D eigenvalue weighted by molar-refractivity contribution is -0.134. The standard InChI is InChI=1S/C21H21FN6O/c22-17-4-2-16(3-5-17)21(6-7-21)20(29)27-12-10-26(11-13-27)18-14-19(24-15-23-18)28-9-1-8-25-28/h1-5,8-9,14-15H,6-7,10-13H2. The number of piperazine rings is 1. The van der Waals surface area contributed by atoms with Gasteiger partial charge in [-0.1, -0.05) is 12.1 Å². The van der Waals surface area contributed by atoms with Crippen molar-refractivity contribution in [3.05, 3.63) is 66.5 Å². The molecular weight excluding hydrogens is 371 g/mol. The summed E-state index contributed by atoms with van der Waals surface area (Å²) in [6, 6.07) is 10.1. The molecule has 0 N–H and O–H groups in total. The first-order valence-electron chi connectivity index (χ1n) is 9.78. The van der Waals surface area contributed by atoms with Crippen molar-refractivity contribution in [2.45, 2.75) is 18.3 Å². The molecule has 0 radical (unpaired) electrons. The van der Waals surface area contributed by atoms with Crippen molar-refractivity contribution in [2.24, 2.45) is 0 Å². The van der Waals surface area contributed by atoms with Gasteiger partial charge in [-0.2, -0.15) is 5.10 Å². The van der Waals surface area contributed by atoms with E-state index in [1.165, 1.54) is 18.5 Å². The molecule has 5 rings (SSSR count). The second kappa shape index (κ2) is 6.95. The first-order valence-corrected chi connectivity index (χ1v) is 9.78. The third kappa shape index (κ3) is 3.24. The summed E-state index contributed by atoms with van der Waals surface area (Å²) in [4.78, 5) is 26.0. The highest BCUT2D eigenvalue weighted by Gasteiger charge is 2.53. The average Bonchev–Trinajstić information content (AvgIpc) is 3.39. The van der Waals surface area contributed by atoms with Crippen LogP contribution in [0.3, 0.4) is 0 Å². The number of aromatic nitrogens is 4. The van der Waals surface area contributed by atoms with Gasteiger partial charge in [-0.15, -0.1) is 0 Å². The van der Waals surface area contributed by atoms with Crippen LogP contribution in [-0.4, -0.2) is 56.7 Å². The number of benzene rings is 1. The van der Waals surface area contributed by atoms with Crippen LogP contribution in [-0.2, 0) is 10.2 Å². The smallest absolute Gasteiger partial charge is 0.233 e. The molecule has 0 atom stereocenters. The lowest BCUT2D eigenvalue weighted by atomic mass is 9.94. The molecule has 148 valence electrons. The van der Waals surface area contributed by atoms with Gasteiger partial charge in [0.05, 0.1) is 5.41 Å². The van der Waals surface area contributed by atoms with Crippen LogP contribution < -0.4 is 4.90 Å². The molecule has 2 aromatic heterocycles. The van der Waals surface area contributed by atoms with Crippen molar-refractivity contribution in [3.63, 3.8) is 0 Å². The Balaban J connectivity index is 1.27. The van der Waals surface area contributed by atoms with E-state index in [0.29, 0.717) is 32.0 Å². The molecule has 0 spiro atoms. The Morgan fingerprint density at radius 1 is 1.00 bits per heavy atom. The molecule has 0 unspecified atom stereocenters. The molecule has 3 heterocycles. The van der Waals surface area contributed by atoms with Gasteiger partial charge in [0.25, 0.3) is 0 Å². The molecule has 1 aliphatic carbocycles. The van der Waals surface area contributed by atoms with Gasteiger partial charge >= 0.3 is 0 Å². The molecule has 2 aliphatic rings. The predicted octanol–water partition coefficient (Wildman–Crippen LogP) is 2.18. The van der Waals surface area contributed by atoms with E-state index >= 15 is 0 Å². The molecule has 8 heteroatoms. The fourth-order valence-electron chi connectivity index (χ4n) is 4.00. The molecule has 7 nitrogen and oxygen atoms in total. The highest BCUT2D eigenvalue weighted by atomic mass is 19.1. The third-order valence-electron chi connectivity index (χ3n) is 5.82. The second-order valence-electron chi connectivity index (χ2n) is 7.55. The van der Waals surface area contributed by atoms with Crippen LogP contribution in [0, 0.1) is 5.82 Å². The average molecular weight is 392 g/mol. The first kappa shape index (κ1) is 17.8. The van der Waals surface area contributed by atoms with E-state index in [1.807, 2.05) is 23.2 Å². The number of anilines is 1. The van der Waals surface area contributed by atoms with Crippen molar-refractivity contribution in [1.82, 2.24) is 24.6 Å². The normalized spacial score (nSPS) is 18.0. The molecule has 1 saturated heterocycles. The van der Waals surface area contributed by atoms with Gasteiger partial charge in [0.2, 0.25) is 5.91 Å². The number of rotatable bonds is 4. The molecule has 0 bridgehead atoms. The summed E-state index contributed by atoms with van der Waals surface area (Å²) in [6.45, 7) is 2.70. The van der Waals surface area contributed by atoms with Gasteiger partial charge in [0.1, 0.15) is 18.0 Å². The summed E-state index contributed by atoms with van der Waals surface area (Å²) < 4.78 is 15.0. The molecule has 1 aliphatic heterocycles. The Kier molecular flexibility index (Phi) is 4.26. The topological polar surface area (TPSA) is 67.2 Å². The van der Waals surface area contributed by atoms with Crippen LogP contribution in [0.1, 0.15) is 18.4 Å². The number of hydrogen-bond acceptors (Lipinski definition) is 5. The predicted molar refractivity (Wildman–Crippen MR) is 105 cm³/mol. The van der Waals surface area contributed by atoms with Gasteiger partial charge < -0.3 is 9.80 Å². The third-order valence-corrected chi connectivity index (χ3v) is 5.82. The van der Waals surface area contributed by atoms with Crippen LogP contribution in [0.5, 0.6) is 0 Å². The Bertz CT molecular complexity index is 1010. The molecule has 1 aromatic carbocycles. The molecule has 2 fully saturated rings. The lowest BCUT2D eigenvalue weighted by Crippen LogP contribution is -2.51. The van der Waals surface area contributed by atoms with Crippen LogP contribution in [0.4, 0.5) is 10.2 Å². The lowest BCUT2D eigenvalue weighted by Gasteiger charge is -2.37. The molecule has 29 heavy (non-hydrogen) atoms. The first-order chi connectivity index (χ1) is 14.2. The van der Waals surface area contributed by atoms with Crippen molar-refractivity contribution >= 4 is 11.7 Å². The number of nitrogens with zero attached hydrogens (tertiary/aromatic N) is 6. The second-order valence-corrected chi connectivity index (χ2v) is 7.55. The van der Waals surface area contributed by atoms with Gasteiger partial charge in [-0.25, -0.2) is 19.0 Å². The Morgan fingerprint density at radius 3 is 2.38 bits per heavy atom. The minimum atomic E-state index is -0.460. The number of amides is 1. The quantitative estimate of drug-likeness (QED) is 0.681.